The van der Waals surface area contributed by atoms with Crippen molar-refractivity contribution < 1.29 is 14.3 Å². The van der Waals surface area contributed by atoms with Gasteiger partial charge in [-0.3, -0.25) is 4.79 Å². The molecule has 4 rings (SSSR count). The second kappa shape index (κ2) is 6.44. The number of fused-ring (bicyclic) bond motifs is 1. The van der Waals surface area contributed by atoms with Crippen LogP contribution in [0.3, 0.4) is 0 Å². The van der Waals surface area contributed by atoms with Gasteiger partial charge in [-0.15, -0.1) is 0 Å². The molecule has 0 bridgehead atoms. The van der Waals surface area contributed by atoms with Crippen molar-refractivity contribution in [1.29, 1.82) is 0 Å². The molecule has 1 amide bonds. The number of imidazole rings is 1. The number of phenolic OH excluding ortho intramolecular Hbond substituents is 1. The summed E-state index contributed by atoms with van der Waals surface area (Å²) in [5, 5.41) is 9.29. The molecule has 26 heavy (non-hydrogen) atoms. The Balaban J connectivity index is 1.56. The zero-order chi connectivity index (χ0) is 18.3. The van der Waals surface area contributed by atoms with Crippen LogP contribution in [0.5, 0.6) is 5.75 Å². The number of hydrogen-bond donors (Lipinski definition) is 2. The van der Waals surface area contributed by atoms with Crippen LogP contribution in [0.1, 0.15) is 35.8 Å². The number of rotatable bonds is 3. The summed E-state index contributed by atoms with van der Waals surface area (Å²) in [5.74, 6) is -0.374. The maximum absolute atomic E-state index is 13.5. The Bertz CT molecular complexity index is 982. The number of H-pyrrole nitrogens is 1. The number of aromatic nitrogens is 2. The number of aromatic hydroxyl groups is 1. The van der Waals surface area contributed by atoms with Gasteiger partial charge in [0.15, 0.2) is 11.6 Å². The monoisotopic (exact) mass is 353 g/mol. The fourth-order valence-corrected chi connectivity index (χ4v) is 3.59. The van der Waals surface area contributed by atoms with E-state index in [1.165, 1.54) is 12.1 Å². The molecule has 0 spiro atoms. The minimum absolute atomic E-state index is 0.0609. The van der Waals surface area contributed by atoms with Crippen molar-refractivity contribution in [3.63, 3.8) is 0 Å². The van der Waals surface area contributed by atoms with Crippen LogP contribution < -0.4 is 0 Å². The smallest absolute Gasteiger partial charge is 0.227 e. The van der Waals surface area contributed by atoms with Crippen molar-refractivity contribution >= 4 is 16.9 Å². The van der Waals surface area contributed by atoms with Crippen LogP contribution in [-0.4, -0.2) is 32.4 Å². The number of aromatic amines is 1. The van der Waals surface area contributed by atoms with E-state index >= 15 is 0 Å². The molecule has 0 unspecified atom stereocenters. The summed E-state index contributed by atoms with van der Waals surface area (Å²) in [5.41, 5.74) is 3.57. The minimum Gasteiger partial charge on any atom is -0.505 e. The third-order valence-corrected chi connectivity index (χ3v) is 4.91. The van der Waals surface area contributed by atoms with Gasteiger partial charge in [0.25, 0.3) is 0 Å². The highest BCUT2D eigenvalue weighted by atomic mass is 19.1. The van der Waals surface area contributed by atoms with Gasteiger partial charge in [-0.25, -0.2) is 9.37 Å². The summed E-state index contributed by atoms with van der Waals surface area (Å²) < 4.78 is 13.5. The van der Waals surface area contributed by atoms with Crippen molar-refractivity contribution in [2.75, 3.05) is 6.54 Å². The topological polar surface area (TPSA) is 69.2 Å². The number of amides is 1. The lowest BCUT2D eigenvalue weighted by atomic mass is 10.1. The quantitative estimate of drug-likeness (QED) is 0.756. The number of phenols is 1. The maximum Gasteiger partial charge on any atom is 0.227 e. The summed E-state index contributed by atoms with van der Waals surface area (Å²) in [6.45, 7) is 2.70. The molecule has 0 aliphatic carbocycles. The largest absolute Gasteiger partial charge is 0.505 e. The number of carbonyl (C=O) groups is 1. The van der Waals surface area contributed by atoms with Crippen LogP contribution in [0, 0.1) is 12.7 Å². The van der Waals surface area contributed by atoms with E-state index in [4.69, 9.17) is 0 Å². The Kier molecular flexibility index (Phi) is 4.11. The highest BCUT2D eigenvalue weighted by Crippen LogP contribution is 2.32. The molecular weight excluding hydrogens is 333 g/mol. The van der Waals surface area contributed by atoms with Crippen LogP contribution in [0.2, 0.25) is 0 Å². The van der Waals surface area contributed by atoms with Crippen LogP contribution in [0.4, 0.5) is 4.39 Å². The van der Waals surface area contributed by atoms with E-state index in [9.17, 15) is 14.3 Å². The molecule has 2 heterocycles. The summed E-state index contributed by atoms with van der Waals surface area (Å²) in [4.78, 5) is 22.6. The zero-order valence-electron chi connectivity index (χ0n) is 14.5. The molecule has 0 saturated carbocycles. The maximum atomic E-state index is 13.5. The summed E-state index contributed by atoms with van der Waals surface area (Å²) in [6.07, 6.45) is 1.87. The van der Waals surface area contributed by atoms with Gasteiger partial charge in [0.05, 0.1) is 23.5 Å². The molecule has 5 nitrogen and oxygen atoms in total. The number of hydrogen-bond acceptors (Lipinski definition) is 3. The summed E-state index contributed by atoms with van der Waals surface area (Å²) in [6, 6.07) is 10.0. The molecule has 3 aromatic rings. The molecule has 134 valence electrons. The van der Waals surface area contributed by atoms with Gasteiger partial charge in [-0.1, -0.05) is 12.1 Å². The Morgan fingerprint density at radius 1 is 1.35 bits per heavy atom. The van der Waals surface area contributed by atoms with Gasteiger partial charge >= 0.3 is 0 Å². The van der Waals surface area contributed by atoms with E-state index in [2.05, 4.69) is 9.97 Å². The molecule has 1 atom stereocenters. The average Bonchev–Trinajstić information content (AvgIpc) is 3.24. The number of likely N-dealkylation sites (tertiary alicyclic amines) is 1. The third-order valence-electron chi connectivity index (χ3n) is 4.91. The second-order valence-electron chi connectivity index (χ2n) is 6.85. The van der Waals surface area contributed by atoms with Gasteiger partial charge in [0.2, 0.25) is 5.91 Å². The first-order chi connectivity index (χ1) is 12.5. The lowest BCUT2D eigenvalue weighted by molar-refractivity contribution is -0.131. The van der Waals surface area contributed by atoms with E-state index in [1.54, 1.807) is 6.07 Å². The van der Waals surface area contributed by atoms with E-state index < -0.39 is 11.6 Å². The number of carbonyl (C=O) groups excluding carboxylic acids is 1. The Labute approximate surface area is 150 Å². The van der Waals surface area contributed by atoms with E-state index in [1.807, 2.05) is 30.0 Å². The van der Waals surface area contributed by atoms with Crippen LogP contribution in [0.15, 0.2) is 36.4 Å². The first-order valence-corrected chi connectivity index (χ1v) is 8.74. The molecule has 6 heteroatoms. The average molecular weight is 353 g/mol. The van der Waals surface area contributed by atoms with Gasteiger partial charge < -0.3 is 15.0 Å². The standard InChI is InChI=1S/C20H20FN3O2/c1-12-4-6-15-16(9-12)23-20(22-15)17-3-2-8-24(17)19(26)11-13-5-7-18(25)14(21)10-13/h4-7,9-10,17,25H,2-3,8,11H2,1H3,(H,22,23)/t17-/m0/s1. The summed E-state index contributed by atoms with van der Waals surface area (Å²) in [7, 11) is 0. The van der Waals surface area contributed by atoms with Crippen molar-refractivity contribution in [2.24, 2.45) is 0 Å². The Morgan fingerprint density at radius 2 is 2.19 bits per heavy atom. The lowest BCUT2D eigenvalue weighted by Crippen LogP contribution is -2.32. The molecule has 0 radical (unpaired) electrons. The molecule has 1 aromatic heterocycles. The van der Waals surface area contributed by atoms with Crippen LogP contribution >= 0.6 is 0 Å². The van der Waals surface area contributed by atoms with E-state index in [0.717, 1.165) is 35.3 Å². The normalized spacial score (nSPS) is 17.2. The predicted molar refractivity (Wildman–Crippen MR) is 96.3 cm³/mol. The fraction of sp³-hybridized carbons (Fsp3) is 0.300. The number of nitrogens with zero attached hydrogens (tertiary/aromatic N) is 2. The van der Waals surface area contributed by atoms with Crippen molar-refractivity contribution in [3.05, 3.63) is 59.2 Å². The van der Waals surface area contributed by atoms with Crippen molar-refractivity contribution in [3.8, 4) is 5.75 Å². The summed E-state index contributed by atoms with van der Waals surface area (Å²) >= 11 is 0. The molecule has 2 aromatic carbocycles. The Morgan fingerprint density at radius 3 is 3.00 bits per heavy atom. The highest BCUT2D eigenvalue weighted by molar-refractivity contribution is 5.80. The van der Waals surface area contributed by atoms with Crippen LogP contribution in [-0.2, 0) is 11.2 Å². The first kappa shape index (κ1) is 16.6. The number of benzene rings is 2. The van der Waals surface area contributed by atoms with Gasteiger partial charge in [0, 0.05) is 6.54 Å². The lowest BCUT2D eigenvalue weighted by Gasteiger charge is -2.23. The van der Waals surface area contributed by atoms with Gasteiger partial charge in [-0.05, 0) is 55.2 Å². The molecule has 1 aliphatic rings. The predicted octanol–water partition coefficient (Wildman–Crippen LogP) is 3.62. The molecule has 1 fully saturated rings. The third kappa shape index (κ3) is 3.03. The minimum atomic E-state index is -0.707. The van der Waals surface area contributed by atoms with Crippen molar-refractivity contribution in [2.45, 2.75) is 32.2 Å². The number of nitrogens with one attached hydrogen (secondary N) is 1. The SMILES string of the molecule is Cc1ccc2nc([C@@H]3CCCN3C(=O)Cc3ccc(O)c(F)c3)[nH]c2c1. The first-order valence-electron chi connectivity index (χ1n) is 8.74. The number of halogens is 1. The van der Waals surface area contributed by atoms with E-state index in [0.29, 0.717) is 12.1 Å². The zero-order valence-corrected chi connectivity index (χ0v) is 14.5. The highest BCUT2D eigenvalue weighted by Gasteiger charge is 2.32. The second-order valence-corrected chi connectivity index (χ2v) is 6.85. The Hall–Kier alpha value is -2.89. The van der Waals surface area contributed by atoms with E-state index in [-0.39, 0.29) is 18.4 Å². The van der Waals surface area contributed by atoms with Crippen LogP contribution in [0.25, 0.3) is 11.0 Å². The number of aryl methyl sites for hydroxylation is 1. The van der Waals surface area contributed by atoms with Gasteiger partial charge in [-0.2, -0.15) is 0 Å². The van der Waals surface area contributed by atoms with Crippen molar-refractivity contribution in [1.82, 2.24) is 14.9 Å². The molecule has 1 aliphatic heterocycles. The van der Waals surface area contributed by atoms with Gasteiger partial charge in [0.1, 0.15) is 5.82 Å². The fourth-order valence-electron chi connectivity index (χ4n) is 3.59. The molecular formula is C20H20FN3O2. The molecule has 1 saturated heterocycles. The molecule has 2 N–H and O–H groups in total.